The highest BCUT2D eigenvalue weighted by molar-refractivity contribution is 5.84. The van der Waals surface area contributed by atoms with E-state index in [1.54, 1.807) is 0 Å². The molecule has 3 nitrogen and oxygen atoms in total. The van der Waals surface area contributed by atoms with Gasteiger partial charge in [0, 0.05) is 26.1 Å². The van der Waals surface area contributed by atoms with Gasteiger partial charge in [0.25, 0.3) is 0 Å². The van der Waals surface area contributed by atoms with E-state index in [4.69, 9.17) is 0 Å². The van der Waals surface area contributed by atoms with E-state index >= 15 is 0 Å². The summed E-state index contributed by atoms with van der Waals surface area (Å²) in [6.45, 7) is 10.8. The van der Waals surface area contributed by atoms with Crippen molar-refractivity contribution in [1.29, 1.82) is 0 Å². The zero-order valence-electron chi connectivity index (χ0n) is 9.95. The molecule has 0 aromatic heterocycles. The van der Waals surface area contributed by atoms with Crippen LogP contribution in [-0.4, -0.2) is 54.9 Å². The lowest BCUT2D eigenvalue weighted by Crippen LogP contribution is -2.51. The third-order valence-electron chi connectivity index (χ3n) is 2.82. The summed E-state index contributed by atoms with van der Waals surface area (Å²) in [6, 6.07) is 0.679. The average molecular weight is 197 g/mol. The highest BCUT2D eigenvalue weighted by Gasteiger charge is 2.30. The Bertz CT molecular complexity index is 201. The zero-order chi connectivity index (χ0) is 10.6. The largest absolute Gasteiger partial charge is 0.353 e. The molecule has 0 saturated carbocycles. The van der Waals surface area contributed by atoms with Gasteiger partial charge in [-0.3, -0.25) is 4.99 Å². The van der Waals surface area contributed by atoms with Gasteiger partial charge in [-0.2, -0.15) is 0 Å². The van der Waals surface area contributed by atoms with Crippen LogP contribution in [0.4, 0.5) is 0 Å². The van der Waals surface area contributed by atoms with E-state index in [9.17, 15) is 0 Å². The smallest absolute Gasteiger partial charge is 0.0991 e. The number of hydrogen-bond acceptors (Lipinski definition) is 3. The van der Waals surface area contributed by atoms with Gasteiger partial charge in [-0.15, -0.1) is 0 Å². The van der Waals surface area contributed by atoms with Crippen molar-refractivity contribution in [3.05, 3.63) is 0 Å². The van der Waals surface area contributed by atoms with Crippen molar-refractivity contribution in [3.63, 3.8) is 0 Å². The van der Waals surface area contributed by atoms with Crippen LogP contribution < -0.4 is 0 Å². The molecule has 0 aromatic carbocycles. The number of aliphatic imine (C=N–C) groups is 1. The summed E-state index contributed by atoms with van der Waals surface area (Å²) in [5.41, 5.74) is 0. The van der Waals surface area contributed by atoms with Crippen LogP contribution in [-0.2, 0) is 0 Å². The van der Waals surface area contributed by atoms with E-state index in [1.807, 2.05) is 13.8 Å². The maximum Gasteiger partial charge on any atom is 0.0991 e. The highest BCUT2D eigenvalue weighted by Crippen LogP contribution is 2.16. The number of likely N-dealkylation sites (N-methyl/N-ethyl adjacent to an activating group) is 1. The van der Waals surface area contributed by atoms with Gasteiger partial charge in [-0.1, -0.05) is 20.8 Å². The fourth-order valence-corrected chi connectivity index (χ4v) is 2.12. The lowest BCUT2D eigenvalue weighted by atomic mass is 10.2. The van der Waals surface area contributed by atoms with E-state index in [1.165, 1.54) is 25.5 Å². The van der Waals surface area contributed by atoms with Gasteiger partial charge in [-0.25, -0.2) is 0 Å². The maximum atomic E-state index is 4.55. The van der Waals surface area contributed by atoms with E-state index in [-0.39, 0.29) is 0 Å². The summed E-state index contributed by atoms with van der Waals surface area (Å²) < 4.78 is 0. The summed E-state index contributed by atoms with van der Waals surface area (Å²) in [6.07, 6.45) is 1.10. The number of amidine groups is 1. The SMILES string of the molecule is CC.CCC1=NCC2CN(C)CCN12. The van der Waals surface area contributed by atoms with Crippen LogP contribution in [0.3, 0.4) is 0 Å². The summed E-state index contributed by atoms with van der Waals surface area (Å²) >= 11 is 0. The first kappa shape index (κ1) is 11.5. The molecular formula is C11H23N3. The van der Waals surface area contributed by atoms with E-state index in [0.717, 1.165) is 13.0 Å². The van der Waals surface area contributed by atoms with E-state index < -0.39 is 0 Å². The van der Waals surface area contributed by atoms with Crippen LogP contribution in [0.25, 0.3) is 0 Å². The summed E-state index contributed by atoms with van der Waals surface area (Å²) in [4.78, 5) is 9.43. The normalized spacial score (nSPS) is 26.4. The predicted octanol–water partition coefficient (Wildman–Crippen LogP) is 1.45. The van der Waals surface area contributed by atoms with Crippen LogP contribution >= 0.6 is 0 Å². The third-order valence-corrected chi connectivity index (χ3v) is 2.82. The van der Waals surface area contributed by atoms with Crippen LogP contribution in [0.15, 0.2) is 4.99 Å². The number of hydrogen-bond donors (Lipinski definition) is 0. The molecule has 2 aliphatic heterocycles. The maximum absolute atomic E-state index is 4.55. The molecule has 3 heteroatoms. The molecule has 0 bridgehead atoms. The summed E-state index contributed by atoms with van der Waals surface area (Å²) in [7, 11) is 2.20. The van der Waals surface area contributed by atoms with Gasteiger partial charge in [0.05, 0.1) is 18.4 Å². The third kappa shape index (κ3) is 2.27. The molecule has 1 atom stereocenters. The first-order valence-electron chi connectivity index (χ1n) is 5.79. The van der Waals surface area contributed by atoms with Gasteiger partial charge >= 0.3 is 0 Å². The molecule has 0 aromatic rings. The number of fused-ring (bicyclic) bond motifs is 1. The van der Waals surface area contributed by atoms with Gasteiger partial charge in [0.15, 0.2) is 0 Å². The summed E-state index contributed by atoms with van der Waals surface area (Å²) in [5, 5.41) is 0. The van der Waals surface area contributed by atoms with E-state index in [0.29, 0.717) is 6.04 Å². The summed E-state index contributed by atoms with van der Waals surface area (Å²) in [5.74, 6) is 1.33. The monoisotopic (exact) mass is 197 g/mol. The zero-order valence-corrected chi connectivity index (χ0v) is 9.95. The Balaban J connectivity index is 0.000000461. The Morgan fingerprint density at radius 2 is 2.07 bits per heavy atom. The molecule has 2 aliphatic rings. The first-order chi connectivity index (χ1) is 6.81. The molecule has 0 N–H and O–H groups in total. The Kier molecular flexibility index (Phi) is 4.39. The minimum absolute atomic E-state index is 0.679. The molecule has 82 valence electrons. The minimum atomic E-state index is 0.679. The van der Waals surface area contributed by atoms with Gasteiger partial charge < -0.3 is 9.80 Å². The average Bonchev–Trinajstić information content (AvgIpc) is 2.62. The molecule has 0 aliphatic carbocycles. The lowest BCUT2D eigenvalue weighted by Gasteiger charge is -2.37. The molecule has 1 unspecified atom stereocenters. The molecule has 0 spiro atoms. The first-order valence-corrected chi connectivity index (χ1v) is 5.79. The fraction of sp³-hybridized carbons (Fsp3) is 0.909. The van der Waals surface area contributed by atoms with Crippen LogP contribution in [0, 0.1) is 0 Å². The van der Waals surface area contributed by atoms with Crippen molar-refractivity contribution in [2.75, 3.05) is 33.2 Å². The molecule has 0 radical (unpaired) electrons. The molecule has 2 rings (SSSR count). The Hall–Kier alpha value is -0.570. The minimum Gasteiger partial charge on any atom is -0.353 e. The van der Waals surface area contributed by atoms with Crippen molar-refractivity contribution in [2.24, 2.45) is 4.99 Å². The second-order valence-corrected chi connectivity index (χ2v) is 3.72. The van der Waals surface area contributed by atoms with Crippen LogP contribution in [0.2, 0.25) is 0 Å². The van der Waals surface area contributed by atoms with Crippen molar-refractivity contribution in [3.8, 4) is 0 Å². The molecule has 14 heavy (non-hydrogen) atoms. The van der Waals surface area contributed by atoms with Gasteiger partial charge in [0.1, 0.15) is 0 Å². The van der Waals surface area contributed by atoms with Crippen molar-refractivity contribution in [2.45, 2.75) is 33.2 Å². The molecular weight excluding hydrogens is 174 g/mol. The number of piperazine rings is 1. The standard InChI is InChI=1S/C9H17N3.C2H6/c1-3-9-10-6-8-7-11(2)4-5-12(8)9;1-2/h8H,3-7H2,1-2H3;1-2H3. The molecule has 1 saturated heterocycles. The van der Waals surface area contributed by atoms with Crippen molar-refractivity contribution in [1.82, 2.24) is 9.80 Å². The molecule has 0 amide bonds. The fourth-order valence-electron chi connectivity index (χ4n) is 2.12. The van der Waals surface area contributed by atoms with Gasteiger partial charge in [-0.05, 0) is 7.05 Å². The van der Waals surface area contributed by atoms with Gasteiger partial charge in [0.2, 0.25) is 0 Å². The predicted molar refractivity (Wildman–Crippen MR) is 61.9 cm³/mol. The second kappa shape index (κ2) is 5.35. The number of nitrogens with zero attached hydrogens (tertiary/aromatic N) is 3. The highest BCUT2D eigenvalue weighted by atomic mass is 15.3. The quantitative estimate of drug-likeness (QED) is 0.633. The van der Waals surface area contributed by atoms with Crippen molar-refractivity contribution < 1.29 is 0 Å². The van der Waals surface area contributed by atoms with Crippen molar-refractivity contribution >= 4 is 5.84 Å². The van der Waals surface area contributed by atoms with Crippen LogP contribution in [0.1, 0.15) is 27.2 Å². The molecule has 1 fully saturated rings. The number of rotatable bonds is 1. The Labute approximate surface area is 87.8 Å². The van der Waals surface area contributed by atoms with E-state index in [2.05, 4.69) is 28.8 Å². The Morgan fingerprint density at radius 1 is 1.36 bits per heavy atom. The second-order valence-electron chi connectivity index (χ2n) is 3.72. The van der Waals surface area contributed by atoms with Crippen LogP contribution in [0.5, 0.6) is 0 Å². The Morgan fingerprint density at radius 3 is 2.71 bits per heavy atom. The lowest BCUT2D eigenvalue weighted by molar-refractivity contribution is 0.166. The topological polar surface area (TPSA) is 18.8 Å². The molecule has 2 heterocycles.